The number of hydrogen-bond donors (Lipinski definition) is 1. The predicted octanol–water partition coefficient (Wildman–Crippen LogP) is 2.70. The third kappa shape index (κ3) is 3.44. The van der Waals surface area contributed by atoms with Crippen LogP contribution in [0.15, 0.2) is 73.1 Å². The van der Waals surface area contributed by atoms with Crippen molar-refractivity contribution >= 4 is 11.8 Å². The molecule has 2 fully saturated rings. The van der Waals surface area contributed by atoms with Crippen molar-refractivity contribution < 1.29 is 19.1 Å². The molecule has 0 spiro atoms. The van der Waals surface area contributed by atoms with Gasteiger partial charge in [-0.25, -0.2) is 4.39 Å². The number of aliphatic hydroxyl groups is 1. The predicted molar refractivity (Wildman–Crippen MR) is 116 cm³/mol. The van der Waals surface area contributed by atoms with Crippen LogP contribution in [0.4, 0.5) is 4.39 Å². The zero-order chi connectivity index (χ0) is 22.2. The minimum Gasteiger partial charge on any atom is -0.394 e. The molecule has 1 N–H and O–H groups in total. The van der Waals surface area contributed by atoms with Crippen molar-refractivity contribution in [3.63, 3.8) is 0 Å². The number of rotatable bonds is 4. The molecule has 2 aromatic carbocycles. The average Bonchev–Trinajstić information content (AvgIpc) is 2.81. The molecule has 162 valence electrons. The van der Waals surface area contributed by atoms with Gasteiger partial charge in [0.25, 0.3) is 5.91 Å². The van der Waals surface area contributed by atoms with Crippen LogP contribution in [-0.4, -0.2) is 63.5 Å². The number of amides is 2. The van der Waals surface area contributed by atoms with Gasteiger partial charge in [-0.2, -0.15) is 0 Å². The first-order valence-electron chi connectivity index (χ1n) is 10.5. The maximum absolute atomic E-state index is 13.2. The summed E-state index contributed by atoms with van der Waals surface area (Å²) in [4.78, 5) is 33.1. The van der Waals surface area contributed by atoms with E-state index in [2.05, 4.69) is 4.98 Å². The van der Waals surface area contributed by atoms with Gasteiger partial charge in [0.15, 0.2) is 0 Å². The number of piperazine rings is 1. The van der Waals surface area contributed by atoms with Crippen molar-refractivity contribution in [1.29, 1.82) is 0 Å². The molecule has 1 aromatic heterocycles. The van der Waals surface area contributed by atoms with E-state index in [1.807, 2.05) is 36.4 Å². The first-order chi connectivity index (χ1) is 15.6. The van der Waals surface area contributed by atoms with Crippen LogP contribution in [0.2, 0.25) is 0 Å². The Labute approximate surface area is 184 Å². The van der Waals surface area contributed by atoms with E-state index in [1.54, 1.807) is 17.3 Å². The molecule has 7 heteroatoms. The zero-order valence-electron chi connectivity index (χ0n) is 17.3. The van der Waals surface area contributed by atoms with Gasteiger partial charge >= 0.3 is 0 Å². The van der Waals surface area contributed by atoms with Gasteiger partial charge in [-0.3, -0.25) is 14.6 Å². The molecule has 2 amide bonds. The minimum absolute atomic E-state index is 0.0458. The van der Waals surface area contributed by atoms with Crippen molar-refractivity contribution in [3.05, 3.63) is 90.0 Å². The summed E-state index contributed by atoms with van der Waals surface area (Å²) < 4.78 is 13.2. The van der Waals surface area contributed by atoms with E-state index in [0.717, 1.165) is 16.7 Å². The number of benzene rings is 2. The fourth-order valence-electron chi connectivity index (χ4n) is 4.86. The van der Waals surface area contributed by atoms with E-state index in [0.29, 0.717) is 12.1 Å². The van der Waals surface area contributed by atoms with Crippen LogP contribution in [-0.2, 0) is 4.79 Å². The normalized spacial score (nSPS) is 22.3. The molecule has 0 radical (unpaired) electrons. The van der Waals surface area contributed by atoms with Crippen LogP contribution in [0.3, 0.4) is 0 Å². The van der Waals surface area contributed by atoms with Crippen LogP contribution >= 0.6 is 0 Å². The Morgan fingerprint density at radius 3 is 2.47 bits per heavy atom. The molecular formula is C25H22FN3O3. The molecule has 3 aromatic rings. The molecule has 5 rings (SSSR count). The molecule has 3 atom stereocenters. The van der Waals surface area contributed by atoms with Gasteiger partial charge in [-0.05, 0) is 47.0 Å². The second kappa shape index (κ2) is 8.16. The summed E-state index contributed by atoms with van der Waals surface area (Å²) in [6, 6.07) is 16.7. The lowest BCUT2D eigenvalue weighted by molar-refractivity contribution is -0.159. The summed E-state index contributed by atoms with van der Waals surface area (Å²) in [5.41, 5.74) is 3.41. The molecule has 0 bridgehead atoms. The highest BCUT2D eigenvalue weighted by Gasteiger charge is 2.54. The number of carbonyl (C=O) groups is 2. The summed E-state index contributed by atoms with van der Waals surface area (Å²) in [7, 11) is 0. The highest BCUT2D eigenvalue weighted by atomic mass is 19.1. The van der Waals surface area contributed by atoms with Gasteiger partial charge in [0.1, 0.15) is 12.4 Å². The quantitative estimate of drug-likeness (QED) is 0.690. The van der Waals surface area contributed by atoms with Crippen LogP contribution in [0, 0.1) is 5.82 Å². The van der Waals surface area contributed by atoms with Crippen LogP contribution < -0.4 is 0 Å². The number of carbonyl (C=O) groups excluding carboxylic acids is 2. The van der Waals surface area contributed by atoms with E-state index >= 15 is 0 Å². The summed E-state index contributed by atoms with van der Waals surface area (Å²) in [5.74, 6) is -0.965. The number of aromatic nitrogens is 1. The lowest BCUT2D eigenvalue weighted by Crippen LogP contribution is -2.73. The number of fused-ring (bicyclic) bond motifs is 1. The molecule has 2 aliphatic rings. The minimum atomic E-state index is -0.415. The average molecular weight is 431 g/mol. The number of pyridine rings is 1. The third-order valence-corrected chi connectivity index (χ3v) is 6.42. The fraction of sp³-hybridized carbons (Fsp3) is 0.240. The SMILES string of the molecule is O=C(c1ccc(F)cc1)N1CC(=O)N2[C@@H](CO)[C@@H](c3ccc(-c4cccnc4)cc3)[C@@H]2C1. The molecular weight excluding hydrogens is 409 g/mol. The second-order valence-corrected chi connectivity index (χ2v) is 8.20. The molecule has 0 aliphatic carbocycles. The lowest BCUT2D eigenvalue weighted by Gasteiger charge is -2.58. The zero-order valence-corrected chi connectivity index (χ0v) is 17.3. The van der Waals surface area contributed by atoms with E-state index in [9.17, 15) is 19.1 Å². The Kier molecular flexibility index (Phi) is 5.19. The topological polar surface area (TPSA) is 73.7 Å². The molecule has 6 nitrogen and oxygen atoms in total. The molecule has 2 aliphatic heterocycles. The largest absolute Gasteiger partial charge is 0.394 e. The van der Waals surface area contributed by atoms with Crippen molar-refractivity contribution in [2.75, 3.05) is 19.7 Å². The van der Waals surface area contributed by atoms with Gasteiger partial charge in [0, 0.05) is 30.4 Å². The van der Waals surface area contributed by atoms with E-state index in [-0.39, 0.29) is 43.0 Å². The monoisotopic (exact) mass is 431 g/mol. The molecule has 32 heavy (non-hydrogen) atoms. The van der Waals surface area contributed by atoms with Gasteiger partial charge in [0.2, 0.25) is 5.91 Å². The Hall–Kier alpha value is -3.58. The molecule has 3 heterocycles. The molecule has 2 saturated heterocycles. The number of aliphatic hydroxyl groups excluding tert-OH is 1. The van der Waals surface area contributed by atoms with Crippen LogP contribution in [0.1, 0.15) is 21.8 Å². The second-order valence-electron chi connectivity index (χ2n) is 8.20. The van der Waals surface area contributed by atoms with E-state index in [4.69, 9.17) is 0 Å². The number of nitrogens with zero attached hydrogens (tertiary/aromatic N) is 3. The van der Waals surface area contributed by atoms with Gasteiger partial charge < -0.3 is 14.9 Å². The highest BCUT2D eigenvalue weighted by molar-refractivity contribution is 5.97. The lowest BCUT2D eigenvalue weighted by atomic mass is 9.73. The standard InChI is InChI=1S/C25H22FN3O3/c26-20-9-7-18(8-10-20)25(32)28-13-21-24(22(15-30)29(21)23(31)14-28)17-5-3-16(4-6-17)19-2-1-11-27-12-19/h1-12,21-22,24,30H,13-15H2/t21-,22-,24-/m0/s1. The first-order valence-corrected chi connectivity index (χ1v) is 10.5. The van der Waals surface area contributed by atoms with Crippen molar-refractivity contribution in [3.8, 4) is 11.1 Å². The van der Waals surface area contributed by atoms with Crippen LogP contribution in [0.25, 0.3) is 11.1 Å². The summed E-state index contributed by atoms with van der Waals surface area (Å²) in [5, 5.41) is 9.97. The van der Waals surface area contributed by atoms with Gasteiger partial charge in [-0.1, -0.05) is 30.3 Å². The Bertz CT molecular complexity index is 1140. The fourth-order valence-corrected chi connectivity index (χ4v) is 4.86. The maximum atomic E-state index is 13.2. The summed E-state index contributed by atoms with van der Waals surface area (Å²) in [6.45, 7) is 0.187. The first kappa shape index (κ1) is 20.3. The Morgan fingerprint density at radius 2 is 1.81 bits per heavy atom. The molecule has 0 unspecified atom stereocenters. The third-order valence-electron chi connectivity index (χ3n) is 6.42. The van der Waals surface area contributed by atoms with Gasteiger partial charge in [-0.15, -0.1) is 0 Å². The van der Waals surface area contributed by atoms with Gasteiger partial charge in [0.05, 0.1) is 18.7 Å². The van der Waals surface area contributed by atoms with Crippen molar-refractivity contribution in [2.45, 2.75) is 18.0 Å². The molecule has 0 saturated carbocycles. The van der Waals surface area contributed by atoms with Crippen molar-refractivity contribution in [2.24, 2.45) is 0 Å². The van der Waals surface area contributed by atoms with E-state index in [1.165, 1.54) is 29.2 Å². The summed E-state index contributed by atoms with van der Waals surface area (Å²) in [6.07, 6.45) is 3.53. The van der Waals surface area contributed by atoms with Crippen molar-refractivity contribution in [1.82, 2.24) is 14.8 Å². The number of hydrogen-bond acceptors (Lipinski definition) is 4. The highest BCUT2D eigenvalue weighted by Crippen LogP contribution is 2.43. The summed E-state index contributed by atoms with van der Waals surface area (Å²) >= 11 is 0. The number of halogens is 1. The smallest absolute Gasteiger partial charge is 0.254 e. The maximum Gasteiger partial charge on any atom is 0.254 e. The van der Waals surface area contributed by atoms with Crippen LogP contribution in [0.5, 0.6) is 0 Å². The van der Waals surface area contributed by atoms with E-state index < -0.39 is 5.82 Å². The Balaban J connectivity index is 1.38. The Morgan fingerprint density at radius 1 is 1.06 bits per heavy atom.